The van der Waals surface area contributed by atoms with Gasteiger partial charge in [-0.1, -0.05) is 11.6 Å². The van der Waals surface area contributed by atoms with Crippen LogP contribution in [-0.2, 0) is 4.79 Å². The zero-order valence-electron chi connectivity index (χ0n) is 9.99. The van der Waals surface area contributed by atoms with Gasteiger partial charge in [0.1, 0.15) is 5.82 Å². The van der Waals surface area contributed by atoms with Gasteiger partial charge in [0.25, 0.3) is 0 Å². The lowest BCUT2D eigenvalue weighted by Crippen LogP contribution is -2.33. The van der Waals surface area contributed by atoms with E-state index < -0.39 is 23.9 Å². The summed E-state index contributed by atoms with van der Waals surface area (Å²) in [6.45, 7) is -0.0459. The molecule has 0 saturated carbocycles. The van der Waals surface area contributed by atoms with Gasteiger partial charge >= 0.3 is 12.0 Å². The van der Waals surface area contributed by atoms with Crippen molar-refractivity contribution in [3.05, 3.63) is 27.4 Å². The first kappa shape index (κ1) is 16.7. The lowest BCUT2D eigenvalue weighted by atomic mass is 10.2. The highest BCUT2D eigenvalue weighted by Gasteiger charge is 2.14. The summed E-state index contributed by atoms with van der Waals surface area (Å²) in [6.07, 6.45) is -1.68. The number of halogens is 3. The monoisotopic (exact) mass is 368 g/mol. The van der Waals surface area contributed by atoms with Crippen LogP contribution in [0, 0.1) is 5.82 Å². The molecule has 0 fully saturated rings. The summed E-state index contributed by atoms with van der Waals surface area (Å²) < 4.78 is 13.3. The Morgan fingerprint density at radius 3 is 2.65 bits per heavy atom. The molecule has 6 nitrogen and oxygen atoms in total. The quantitative estimate of drug-likeness (QED) is 0.639. The fourth-order valence-corrected chi connectivity index (χ4v) is 2.16. The second kappa shape index (κ2) is 7.41. The maximum absolute atomic E-state index is 13.0. The number of amides is 2. The second-order valence-corrected chi connectivity index (χ2v) is 5.03. The van der Waals surface area contributed by atoms with E-state index in [0.29, 0.717) is 0 Å². The fourth-order valence-electron chi connectivity index (χ4n) is 1.27. The van der Waals surface area contributed by atoms with Gasteiger partial charge in [0, 0.05) is 17.4 Å². The number of rotatable bonds is 5. The van der Waals surface area contributed by atoms with Gasteiger partial charge in [-0.2, -0.15) is 0 Å². The number of anilines is 1. The second-order valence-electron chi connectivity index (χ2n) is 3.77. The van der Waals surface area contributed by atoms with E-state index in [-0.39, 0.29) is 28.1 Å². The molecule has 2 amide bonds. The molecule has 1 aromatic carbocycles. The third-order valence-corrected chi connectivity index (χ3v) is 3.16. The highest BCUT2D eigenvalue weighted by Crippen LogP contribution is 2.31. The van der Waals surface area contributed by atoms with Crippen molar-refractivity contribution in [1.29, 1.82) is 0 Å². The van der Waals surface area contributed by atoms with Gasteiger partial charge in [0.05, 0.1) is 10.7 Å². The van der Waals surface area contributed by atoms with Crippen molar-refractivity contribution in [3.63, 3.8) is 0 Å². The molecule has 0 aliphatic heterocycles. The lowest BCUT2D eigenvalue weighted by Gasteiger charge is -2.11. The molecule has 1 atom stereocenters. The molecule has 20 heavy (non-hydrogen) atoms. The lowest BCUT2D eigenvalue weighted by molar-refractivity contribution is -0.146. The number of benzene rings is 1. The van der Waals surface area contributed by atoms with E-state index in [4.69, 9.17) is 21.8 Å². The number of aliphatic carboxylic acids is 1. The van der Waals surface area contributed by atoms with E-state index in [1.807, 2.05) is 0 Å². The third-order valence-electron chi connectivity index (χ3n) is 2.23. The predicted octanol–water partition coefficient (Wildman–Crippen LogP) is 2.20. The van der Waals surface area contributed by atoms with E-state index in [1.165, 1.54) is 0 Å². The number of carboxylic acid groups (broad SMARTS) is 1. The predicted molar refractivity (Wildman–Crippen MR) is 74.4 cm³/mol. The molecule has 0 spiro atoms. The smallest absolute Gasteiger partial charge is 0.332 e. The Bertz CT molecular complexity index is 506. The van der Waals surface area contributed by atoms with Crippen molar-refractivity contribution in [2.24, 2.45) is 0 Å². The average molecular weight is 370 g/mol. The molecular formula is C11H11BrClFN2O4. The van der Waals surface area contributed by atoms with Crippen LogP contribution in [0.25, 0.3) is 0 Å². The third kappa shape index (κ3) is 4.95. The number of hydrogen-bond acceptors (Lipinski definition) is 3. The number of carbonyl (C=O) groups is 2. The van der Waals surface area contributed by atoms with Crippen LogP contribution in [0.5, 0.6) is 0 Å². The molecule has 0 aliphatic carbocycles. The molecule has 0 aromatic heterocycles. The summed E-state index contributed by atoms with van der Waals surface area (Å²) in [5.41, 5.74) is 0.185. The summed E-state index contributed by atoms with van der Waals surface area (Å²) in [5.74, 6) is -1.92. The Labute approximate surface area is 127 Å². The number of aliphatic hydroxyl groups excluding tert-OH is 1. The van der Waals surface area contributed by atoms with Crippen LogP contribution in [0.3, 0.4) is 0 Å². The Morgan fingerprint density at radius 1 is 1.45 bits per heavy atom. The molecule has 0 heterocycles. The normalized spacial score (nSPS) is 11.8. The first-order chi connectivity index (χ1) is 9.31. The molecular weight excluding hydrogens is 358 g/mol. The van der Waals surface area contributed by atoms with Crippen molar-refractivity contribution in [2.45, 2.75) is 12.5 Å². The molecule has 110 valence electrons. The van der Waals surface area contributed by atoms with Crippen LogP contribution in [0.2, 0.25) is 5.02 Å². The Hall–Kier alpha value is -1.38. The summed E-state index contributed by atoms with van der Waals surface area (Å²) in [4.78, 5) is 21.9. The Balaban J connectivity index is 2.53. The topological polar surface area (TPSA) is 98.7 Å². The largest absolute Gasteiger partial charge is 0.479 e. The van der Waals surface area contributed by atoms with Gasteiger partial charge in [-0.25, -0.2) is 14.0 Å². The molecule has 0 radical (unpaired) electrons. The van der Waals surface area contributed by atoms with E-state index in [1.54, 1.807) is 0 Å². The van der Waals surface area contributed by atoms with Gasteiger partial charge in [-0.15, -0.1) is 0 Å². The molecule has 4 N–H and O–H groups in total. The van der Waals surface area contributed by atoms with E-state index in [2.05, 4.69) is 26.6 Å². The maximum Gasteiger partial charge on any atom is 0.332 e. The number of carboxylic acids is 1. The molecule has 0 bridgehead atoms. The number of carbonyl (C=O) groups excluding carboxylic acids is 1. The Kier molecular flexibility index (Phi) is 6.18. The summed E-state index contributed by atoms with van der Waals surface area (Å²) in [7, 11) is 0. The first-order valence-electron chi connectivity index (χ1n) is 5.41. The zero-order valence-corrected chi connectivity index (χ0v) is 12.3. The number of hydrogen-bond donors (Lipinski definition) is 4. The highest BCUT2D eigenvalue weighted by atomic mass is 79.9. The number of aliphatic hydroxyl groups is 1. The van der Waals surface area contributed by atoms with Crippen molar-refractivity contribution in [3.8, 4) is 0 Å². The van der Waals surface area contributed by atoms with Crippen LogP contribution in [0.15, 0.2) is 16.6 Å². The van der Waals surface area contributed by atoms with Gasteiger partial charge in [-0.3, -0.25) is 0 Å². The molecule has 0 aliphatic rings. The van der Waals surface area contributed by atoms with Crippen molar-refractivity contribution < 1.29 is 24.2 Å². The SMILES string of the molecule is O=C(NCCC(O)C(=O)O)Nc1c(Cl)cc(F)cc1Br. The minimum absolute atomic E-state index is 0.0117. The number of nitrogens with one attached hydrogen (secondary N) is 2. The maximum atomic E-state index is 13.0. The highest BCUT2D eigenvalue weighted by molar-refractivity contribution is 9.10. The fraction of sp³-hybridized carbons (Fsp3) is 0.273. The molecule has 0 saturated heterocycles. The van der Waals surface area contributed by atoms with E-state index in [9.17, 15) is 14.0 Å². The van der Waals surface area contributed by atoms with Crippen molar-refractivity contribution in [1.82, 2.24) is 5.32 Å². The van der Waals surface area contributed by atoms with Crippen molar-refractivity contribution in [2.75, 3.05) is 11.9 Å². The van der Waals surface area contributed by atoms with Crippen LogP contribution >= 0.6 is 27.5 Å². The average Bonchev–Trinajstić information content (AvgIpc) is 2.33. The molecule has 1 aromatic rings. The van der Waals surface area contributed by atoms with Crippen LogP contribution < -0.4 is 10.6 Å². The molecule has 9 heteroatoms. The molecule has 1 rings (SSSR count). The number of urea groups is 1. The first-order valence-corrected chi connectivity index (χ1v) is 6.58. The van der Waals surface area contributed by atoms with Gasteiger partial charge < -0.3 is 20.8 Å². The Morgan fingerprint density at radius 2 is 2.10 bits per heavy atom. The van der Waals surface area contributed by atoms with E-state index >= 15 is 0 Å². The van der Waals surface area contributed by atoms with E-state index in [0.717, 1.165) is 12.1 Å². The summed E-state index contributed by atoms with van der Waals surface area (Å²) in [6, 6.07) is 1.52. The van der Waals surface area contributed by atoms with Crippen LogP contribution in [0.4, 0.5) is 14.9 Å². The summed E-state index contributed by atoms with van der Waals surface area (Å²) >= 11 is 8.83. The standard InChI is InChI=1S/C11H11BrClFN2O4/c12-6-3-5(14)4-7(13)9(6)16-11(20)15-2-1-8(17)10(18)19/h3-4,8,17H,1-2H2,(H,18,19)(H2,15,16,20). The zero-order chi connectivity index (χ0) is 15.3. The van der Waals surface area contributed by atoms with Gasteiger partial charge in [0.2, 0.25) is 0 Å². The minimum atomic E-state index is -1.54. The minimum Gasteiger partial charge on any atom is -0.479 e. The summed E-state index contributed by atoms with van der Waals surface area (Å²) in [5, 5.41) is 22.2. The van der Waals surface area contributed by atoms with Gasteiger partial charge in [0.15, 0.2) is 6.10 Å². The molecule has 1 unspecified atom stereocenters. The van der Waals surface area contributed by atoms with Crippen molar-refractivity contribution >= 4 is 45.2 Å². The van der Waals surface area contributed by atoms with Gasteiger partial charge in [-0.05, 0) is 28.1 Å². The van der Waals surface area contributed by atoms with Crippen LogP contribution in [-0.4, -0.2) is 34.9 Å². The van der Waals surface area contributed by atoms with Crippen LogP contribution in [0.1, 0.15) is 6.42 Å².